The van der Waals surface area contributed by atoms with Gasteiger partial charge >= 0.3 is 0 Å². The van der Waals surface area contributed by atoms with Crippen LogP contribution in [0, 0.1) is 5.92 Å². The second-order valence-electron chi connectivity index (χ2n) is 6.29. The van der Waals surface area contributed by atoms with Crippen molar-refractivity contribution in [3.63, 3.8) is 0 Å². The highest BCUT2D eigenvalue weighted by atomic mass is 16.1. The fourth-order valence-electron chi connectivity index (χ4n) is 3.59. The van der Waals surface area contributed by atoms with Gasteiger partial charge in [0.05, 0.1) is 0 Å². The van der Waals surface area contributed by atoms with E-state index in [-0.39, 0.29) is 0 Å². The molecule has 4 rings (SSSR count). The maximum Gasteiger partial charge on any atom is 0.146 e. The molecule has 0 radical (unpaired) electrons. The van der Waals surface area contributed by atoms with Gasteiger partial charge in [0.2, 0.25) is 0 Å². The van der Waals surface area contributed by atoms with Crippen molar-refractivity contribution in [3.05, 3.63) is 76.9 Å². The number of allylic oxidation sites excluding steroid dienone is 4. The van der Waals surface area contributed by atoms with Crippen molar-refractivity contribution in [2.24, 2.45) is 5.92 Å². The van der Waals surface area contributed by atoms with Crippen LogP contribution in [0.4, 0.5) is 0 Å². The van der Waals surface area contributed by atoms with Crippen LogP contribution < -0.4 is 0 Å². The van der Waals surface area contributed by atoms with Gasteiger partial charge in [0, 0.05) is 0 Å². The quantitative estimate of drug-likeness (QED) is 0.618. The van der Waals surface area contributed by atoms with Gasteiger partial charge in [0.1, 0.15) is 6.29 Å². The molecule has 1 unspecified atom stereocenters. The third kappa shape index (κ3) is 2.05. The molecule has 22 heavy (non-hydrogen) atoms. The lowest BCUT2D eigenvalue weighted by Gasteiger charge is -2.19. The Bertz CT molecular complexity index is 824. The summed E-state index contributed by atoms with van der Waals surface area (Å²) in [5, 5.41) is 0. The molecule has 2 aliphatic carbocycles. The van der Waals surface area contributed by atoms with Crippen LogP contribution in [0.3, 0.4) is 0 Å². The molecule has 0 saturated carbocycles. The van der Waals surface area contributed by atoms with Crippen molar-refractivity contribution in [1.82, 2.24) is 0 Å². The Morgan fingerprint density at radius 1 is 1.00 bits per heavy atom. The molecular weight excluding hydrogens is 268 g/mol. The molecule has 0 heterocycles. The van der Waals surface area contributed by atoms with E-state index < -0.39 is 0 Å². The summed E-state index contributed by atoms with van der Waals surface area (Å²) >= 11 is 0. The molecule has 1 heteroatoms. The van der Waals surface area contributed by atoms with Crippen LogP contribution in [0.25, 0.3) is 16.7 Å². The van der Waals surface area contributed by atoms with E-state index in [0.29, 0.717) is 5.92 Å². The minimum Gasteiger partial charge on any atom is -0.298 e. The van der Waals surface area contributed by atoms with Crippen molar-refractivity contribution in [1.29, 1.82) is 0 Å². The number of hydrogen-bond acceptors (Lipinski definition) is 1. The predicted molar refractivity (Wildman–Crippen MR) is 90.6 cm³/mol. The van der Waals surface area contributed by atoms with Gasteiger partial charge in [0.15, 0.2) is 0 Å². The maximum absolute atomic E-state index is 11.0. The van der Waals surface area contributed by atoms with Crippen molar-refractivity contribution in [2.45, 2.75) is 19.8 Å². The zero-order valence-electron chi connectivity index (χ0n) is 12.7. The molecular formula is C21H18O. The van der Waals surface area contributed by atoms with Gasteiger partial charge in [0.25, 0.3) is 0 Å². The smallest absolute Gasteiger partial charge is 0.146 e. The van der Waals surface area contributed by atoms with Gasteiger partial charge in [-0.3, -0.25) is 4.79 Å². The number of hydrogen-bond donors (Lipinski definition) is 0. The Hall–Kier alpha value is -2.41. The molecule has 2 aliphatic rings. The Labute approximate surface area is 131 Å². The number of fused-ring (bicyclic) bond motifs is 3. The first-order valence-electron chi connectivity index (χ1n) is 7.84. The number of carbonyl (C=O) groups is 1. The minimum absolute atomic E-state index is 0.308. The van der Waals surface area contributed by atoms with Crippen molar-refractivity contribution in [3.8, 4) is 11.1 Å². The van der Waals surface area contributed by atoms with Gasteiger partial charge in [-0.05, 0) is 57.7 Å². The fraction of sp³-hybridized carbons (Fsp3) is 0.190. The summed E-state index contributed by atoms with van der Waals surface area (Å²) in [6.07, 6.45) is 7.03. The number of carbonyl (C=O) groups excluding carboxylic acids is 1. The predicted octanol–water partition coefficient (Wildman–Crippen LogP) is 4.81. The molecule has 2 aromatic carbocycles. The van der Waals surface area contributed by atoms with Crippen molar-refractivity contribution >= 4 is 11.9 Å². The highest BCUT2D eigenvalue weighted by Crippen LogP contribution is 2.39. The van der Waals surface area contributed by atoms with Gasteiger partial charge in [-0.1, -0.05) is 61.5 Å². The van der Waals surface area contributed by atoms with Gasteiger partial charge < -0.3 is 0 Å². The SMILES string of the molecule is CC1CC(c2ccc3c(c2)Cc2ccccc2-3)=CC=C1C=O. The molecule has 1 nitrogen and oxygen atoms in total. The van der Waals surface area contributed by atoms with E-state index in [9.17, 15) is 4.79 Å². The number of aldehydes is 1. The second kappa shape index (κ2) is 5.10. The van der Waals surface area contributed by atoms with Gasteiger partial charge in [-0.25, -0.2) is 0 Å². The topological polar surface area (TPSA) is 17.1 Å². The minimum atomic E-state index is 0.308. The third-order valence-corrected chi connectivity index (χ3v) is 4.87. The molecule has 0 aliphatic heterocycles. The number of benzene rings is 2. The summed E-state index contributed by atoms with van der Waals surface area (Å²) in [5.74, 6) is 0.308. The molecule has 1 atom stereocenters. The summed E-state index contributed by atoms with van der Waals surface area (Å²) in [6.45, 7) is 2.12. The third-order valence-electron chi connectivity index (χ3n) is 4.87. The lowest BCUT2D eigenvalue weighted by Crippen LogP contribution is -2.06. The van der Waals surface area contributed by atoms with Crippen LogP contribution >= 0.6 is 0 Å². The van der Waals surface area contributed by atoms with Gasteiger partial charge in [-0.15, -0.1) is 0 Å². The lowest BCUT2D eigenvalue weighted by atomic mass is 9.85. The lowest BCUT2D eigenvalue weighted by molar-refractivity contribution is -0.105. The normalized spacial score (nSPS) is 19.0. The van der Waals surface area contributed by atoms with Crippen LogP contribution in [0.5, 0.6) is 0 Å². The van der Waals surface area contributed by atoms with E-state index in [4.69, 9.17) is 0 Å². The highest BCUT2D eigenvalue weighted by molar-refractivity contribution is 5.82. The molecule has 0 saturated heterocycles. The van der Waals surface area contributed by atoms with Crippen molar-refractivity contribution in [2.75, 3.05) is 0 Å². The van der Waals surface area contributed by atoms with E-state index in [2.05, 4.69) is 55.5 Å². The summed E-state index contributed by atoms with van der Waals surface area (Å²) in [7, 11) is 0. The summed E-state index contributed by atoms with van der Waals surface area (Å²) in [6, 6.07) is 15.5. The fourth-order valence-corrected chi connectivity index (χ4v) is 3.59. The Morgan fingerprint density at radius 2 is 1.82 bits per heavy atom. The number of rotatable bonds is 2. The molecule has 0 N–H and O–H groups in total. The maximum atomic E-state index is 11.0. The zero-order valence-corrected chi connectivity index (χ0v) is 12.7. The molecule has 2 aromatic rings. The van der Waals surface area contributed by atoms with Crippen LogP contribution in [-0.2, 0) is 11.2 Å². The Kier molecular flexibility index (Phi) is 3.07. The first kappa shape index (κ1) is 13.3. The average molecular weight is 286 g/mol. The van der Waals surface area contributed by atoms with Crippen LogP contribution in [0.15, 0.2) is 60.2 Å². The largest absolute Gasteiger partial charge is 0.298 e. The van der Waals surface area contributed by atoms with E-state index >= 15 is 0 Å². The average Bonchev–Trinajstić information content (AvgIpc) is 2.92. The summed E-state index contributed by atoms with van der Waals surface area (Å²) < 4.78 is 0. The van der Waals surface area contributed by atoms with Crippen molar-refractivity contribution < 1.29 is 4.79 Å². The molecule has 108 valence electrons. The van der Waals surface area contributed by atoms with Gasteiger partial charge in [-0.2, -0.15) is 0 Å². The standard InChI is InChI=1S/C21H18O/c1-14-10-15(6-7-18(14)13-22)16-8-9-21-19(11-16)12-17-4-2-3-5-20(17)21/h2-9,11,13-14H,10,12H2,1H3. The second-order valence-corrected chi connectivity index (χ2v) is 6.29. The summed E-state index contributed by atoms with van der Waals surface area (Å²) in [5.41, 5.74) is 9.10. The molecule has 0 amide bonds. The molecule has 0 bridgehead atoms. The Morgan fingerprint density at radius 3 is 2.64 bits per heavy atom. The van der Waals surface area contributed by atoms with E-state index in [0.717, 1.165) is 24.7 Å². The molecule has 0 spiro atoms. The first-order chi connectivity index (χ1) is 10.8. The van der Waals surface area contributed by atoms with E-state index in [1.807, 2.05) is 6.08 Å². The van der Waals surface area contributed by atoms with Crippen LogP contribution in [0.2, 0.25) is 0 Å². The molecule has 0 aromatic heterocycles. The monoisotopic (exact) mass is 286 g/mol. The summed E-state index contributed by atoms with van der Waals surface area (Å²) in [4.78, 5) is 11.0. The van der Waals surface area contributed by atoms with Crippen LogP contribution in [-0.4, -0.2) is 6.29 Å². The molecule has 0 fully saturated rings. The van der Waals surface area contributed by atoms with E-state index in [1.54, 1.807) is 0 Å². The zero-order chi connectivity index (χ0) is 15.1. The van der Waals surface area contributed by atoms with Crippen LogP contribution in [0.1, 0.15) is 30.0 Å². The Balaban J connectivity index is 1.73. The highest BCUT2D eigenvalue weighted by Gasteiger charge is 2.20. The van der Waals surface area contributed by atoms with E-state index in [1.165, 1.54) is 33.4 Å². The first-order valence-corrected chi connectivity index (χ1v) is 7.84.